The maximum atomic E-state index is 12.2. The molecule has 0 saturated heterocycles. The van der Waals surface area contributed by atoms with Crippen molar-refractivity contribution in [3.63, 3.8) is 0 Å². The standard InChI is InChI=1S/C29H54N4O6/c1-2-3-4-5-6-7-8-9-10-11-12-13-14-18-27(36)33-24(29(38)39)19-20-26(35)32-21-16-15-17-23(31)28(37)25(34)22-30/h23-24H,2-22,30-31H2,1H3,(H,32,35)(H,33,36)(H,38,39)/t23-,24-/m0/s1. The summed E-state index contributed by atoms with van der Waals surface area (Å²) in [5.74, 6) is -3.15. The summed E-state index contributed by atoms with van der Waals surface area (Å²) in [7, 11) is 0. The number of ketones is 2. The molecule has 0 spiro atoms. The highest BCUT2D eigenvalue weighted by Gasteiger charge is 2.21. The van der Waals surface area contributed by atoms with Crippen molar-refractivity contribution < 1.29 is 29.1 Å². The Labute approximate surface area is 234 Å². The molecule has 0 unspecified atom stereocenters. The Morgan fingerprint density at radius 3 is 1.74 bits per heavy atom. The van der Waals surface area contributed by atoms with Crippen molar-refractivity contribution in [2.45, 2.75) is 141 Å². The van der Waals surface area contributed by atoms with Gasteiger partial charge >= 0.3 is 5.97 Å². The van der Waals surface area contributed by atoms with Crippen LogP contribution in [-0.4, -0.2) is 59.6 Å². The zero-order valence-corrected chi connectivity index (χ0v) is 24.1. The molecular formula is C29H54N4O6. The van der Waals surface area contributed by atoms with Gasteiger partial charge in [-0.3, -0.25) is 19.2 Å². The smallest absolute Gasteiger partial charge is 0.326 e. The van der Waals surface area contributed by atoms with E-state index in [0.717, 1.165) is 19.3 Å². The van der Waals surface area contributed by atoms with Crippen LogP contribution in [0.5, 0.6) is 0 Å². The third-order valence-electron chi connectivity index (χ3n) is 6.86. The third-order valence-corrected chi connectivity index (χ3v) is 6.86. The zero-order valence-electron chi connectivity index (χ0n) is 24.1. The molecule has 2 amide bonds. The van der Waals surface area contributed by atoms with Crippen LogP contribution in [0.25, 0.3) is 0 Å². The fraction of sp³-hybridized carbons (Fsp3) is 0.828. The van der Waals surface area contributed by atoms with E-state index in [0.29, 0.717) is 25.8 Å². The highest BCUT2D eigenvalue weighted by Crippen LogP contribution is 2.13. The van der Waals surface area contributed by atoms with E-state index in [2.05, 4.69) is 17.6 Å². The van der Waals surface area contributed by atoms with Gasteiger partial charge in [0.15, 0.2) is 0 Å². The van der Waals surface area contributed by atoms with Gasteiger partial charge in [0.2, 0.25) is 23.4 Å². The number of hydrogen-bond acceptors (Lipinski definition) is 7. The van der Waals surface area contributed by atoms with Crippen LogP contribution in [0.15, 0.2) is 0 Å². The molecule has 0 aliphatic heterocycles. The second kappa shape index (κ2) is 24.7. The van der Waals surface area contributed by atoms with Crippen LogP contribution < -0.4 is 22.1 Å². The van der Waals surface area contributed by atoms with Crippen LogP contribution in [-0.2, 0) is 24.0 Å². The van der Waals surface area contributed by atoms with E-state index in [1.165, 1.54) is 64.2 Å². The number of aliphatic carboxylic acids is 1. The molecule has 7 N–H and O–H groups in total. The molecule has 0 rings (SSSR count). The lowest BCUT2D eigenvalue weighted by Gasteiger charge is -2.14. The fourth-order valence-electron chi connectivity index (χ4n) is 4.35. The summed E-state index contributed by atoms with van der Waals surface area (Å²) < 4.78 is 0. The summed E-state index contributed by atoms with van der Waals surface area (Å²) in [6, 6.07) is -1.99. The largest absolute Gasteiger partial charge is 0.480 e. The summed E-state index contributed by atoms with van der Waals surface area (Å²) >= 11 is 0. The molecule has 39 heavy (non-hydrogen) atoms. The van der Waals surface area contributed by atoms with Crippen LogP contribution >= 0.6 is 0 Å². The number of carboxylic acid groups (broad SMARTS) is 1. The predicted molar refractivity (Wildman–Crippen MR) is 153 cm³/mol. The number of carboxylic acids is 1. The Morgan fingerprint density at radius 1 is 0.692 bits per heavy atom. The molecule has 10 nitrogen and oxygen atoms in total. The first-order valence-electron chi connectivity index (χ1n) is 15.0. The second-order valence-corrected chi connectivity index (χ2v) is 10.4. The first kappa shape index (κ1) is 36.7. The summed E-state index contributed by atoms with van der Waals surface area (Å²) in [5, 5.41) is 14.6. The first-order valence-corrected chi connectivity index (χ1v) is 15.0. The highest BCUT2D eigenvalue weighted by atomic mass is 16.4. The molecule has 2 atom stereocenters. The van der Waals surface area contributed by atoms with E-state index in [9.17, 15) is 29.1 Å². The van der Waals surface area contributed by atoms with Gasteiger partial charge in [-0.2, -0.15) is 0 Å². The molecular weight excluding hydrogens is 500 g/mol. The van der Waals surface area contributed by atoms with E-state index in [1.807, 2.05) is 0 Å². The van der Waals surface area contributed by atoms with Gasteiger partial charge < -0.3 is 27.2 Å². The lowest BCUT2D eigenvalue weighted by atomic mass is 10.0. The zero-order chi connectivity index (χ0) is 29.3. The number of Topliss-reactive ketones (excluding diaryl/α,β-unsaturated/α-hetero) is 2. The summed E-state index contributed by atoms with van der Waals surface area (Å²) in [4.78, 5) is 58.6. The predicted octanol–water partition coefficient (Wildman–Crippen LogP) is 3.53. The lowest BCUT2D eigenvalue weighted by molar-refractivity contribution is -0.142. The Bertz CT molecular complexity index is 716. The Morgan fingerprint density at radius 2 is 1.23 bits per heavy atom. The van der Waals surface area contributed by atoms with Crippen LogP contribution in [0.2, 0.25) is 0 Å². The Kier molecular flexibility index (Phi) is 23.2. The van der Waals surface area contributed by atoms with Crippen molar-refractivity contribution in [2.75, 3.05) is 13.1 Å². The average molecular weight is 555 g/mol. The normalized spacial score (nSPS) is 12.5. The molecule has 0 aliphatic rings. The van der Waals surface area contributed by atoms with Crippen LogP contribution in [0.3, 0.4) is 0 Å². The maximum Gasteiger partial charge on any atom is 0.326 e. The SMILES string of the molecule is CCCCCCCCCCCCCCCC(=O)N[C@@H](CCC(=O)NCCCC[C@H](N)C(=O)C(=O)CN)C(=O)O. The van der Waals surface area contributed by atoms with Gasteiger partial charge in [0, 0.05) is 19.4 Å². The molecule has 0 aromatic heterocycles. The van der Waals surface area contributed by atoms with Gasteiger partial charge in [-0.05, 0) is 32.1 Å². The van der Waals surface area contributed by atoms with Crippen molar-refractivity contribution in [3.8, 4) is 0 Å². The molecule has 0 fully saturated rings. The lowest BCUT2D eigenvalue weighted by Crippen LogP contribution is -2.41. The first-order chi connectivity index (χ1) is 18.7. The quantitative estimate of drug-likeness (QED) is 0.0754. The highest BCUT2D eigenvalue weighted by molar-refractivity contribution is 6.39. The third kappa shape index (κ3) is 21.2. The summed E-state index contributed by atoms with van der Waals surface area (Å²) in [6.45, 7) is 2.21. The van der Waals surface area contributed by atoms with E-state index in [1.54, 1.807) is 0 Å². The number of hydrogen-bond donors (Lipinski definition) is 5. The maximum absolute atomic E-state index is 12.2. The Hall–Kier alpha value is -2.33. The van der Waals surface area contributed by atoms with E-state index < -0.39 is 29.6 Å². The number of nitrogens with one attached hydrogen (secondary N) is 2. The number of rotatable bonds is 27. The molecule has 0 aromatic rings. The van der Waals surface area contributed by atoms with Gasteiger partial charge in [0.25, 0.3) is 0 Å². The van der Waals surface area contributed by atoms with Gasteiger partial charge in [0.1, 0.15) is 6.04 Å². The topological polar surface area (TPSA) is 182 Å². The van der Waals surface area contributed by atoms with Crippen LogP contribution in [0, 0.1) is 0 Å². The molecule has 0 saturated carbocycles. The van der Waals surface area contributed by atoms with Crippen LogP contribution in [0.4, 0.5) is 0 Å². The molecule has 0 heterocycles. The molecule has 0 radical (unpaired) electrons. The van der Waals surface area contributed by atoms with Gasteiger partial charge in [0.05, 0.1) is 12.6 Å². The molecule has 226 valence electrons. The van der Waals surface area contributed by atoms with Crippen LogP contribution in [0.1, 0.15) is 129 Å². The fourth-order valence-corrected chi connectivity index (χ4v) is 4.35. The summed E-state index contributed by atoms with van der Waals surface area (Å²) in [6.07, 6.45) is 17.4. The monoisotopic (exact) mass is 554 g/mol. The average Bonchev–Trinajstić information content (AvgIpc) is 2.92. The van der Waals surface area contributed by atoms with Crippen molar-refractivity contribution in [3.05, 3.63) is 0 Å². The number of carbonyl (C=O) groups excluding carboxylic acids is 4. The summed E-state index contributed by atoms with van der Waals surface area (Å²) in [5.41, 5.74) is 10.8. The minimum absolute atomic E-state index is 0.00604. The number of nitrogens with two attached hydrogens (primary N) is 2. The Balaban J connectivity index is 3.86. The number of unbranched alkanes of at least 4 members (excludes halogenated alkanes) is 13. The second-order valence-electron chi connectivity index (χ2n) is 10.4. The number of amides is 2. The van der Waals surface area contributed by atoms with E-state index in [4.69, 9.17) is 11.5 Å². The molecule has 0 aliphatic carbocycles. The van der Waals surface area contributed by atoms with Crippen molar-refractivity contribution in [1.29, 1.82) is 0 Å². The van der Waals surface area contributed by atoms with Crippen molar-refractivity contribution in [1.82, 2.24) is 10.6 Å². The number of carbonyl (C=O) groups is 5. The van der Waals surface area contributed by atoms with Crippen molar-refractivity contribution in [2.24, 2.45) is 11.5 Å². The molecule has 10 heteroatoms. The van der Waals surface area contributed by atoms with E-state index >= 15 is 0 Å². The molecule has 0 bridgehead atoms. The van der Waals surface area contributed by atoms with Crippen molar-refractivity contribution >= 4 is 29.4 Å². The minimum Gasteiger partial charge on any atom is -0.480 e. The van der Waals surface area contributed by atoms with Gasteiger partial charge in [-0.15, -0.1) is 0 Å². The minimum atomic E-state index is -1.16. The van der Waals surface area contributed by atoms with Gasteiger partial charge in [-0.1, -0.05) is 84.0 Å². The molecule has 0 aromatic carbocycles. The van der Waals surface area contributed by atoms with E-state index in [-0.39, 0.29) is 37.6 Å². The van der Waals surface area contributed by atoms with Gasteiger partial charge in [-0.25, -0.2) is 4.79 Å².